The molecule has 0 unspecified atom stereocenters. The van der Waals surface area contributed by atoms with Crippen LogP contribution in [0.15, 0.2) is 30.3 Å². The number of hydrogen-bond acceptors (Lipinski definition) is 3. The van der Waals surface area contributed by atoms with Gasteiger partial charge in [0, 0.05) is 18.3 Å². The van der Waals surface area contributed by atoms with Gasteiger partial charge in [0.25, 0.3) is 5.91 Å². The Morgan fingerprint density at radius 2 is 1.90 bits per heavy atom. The monoisotopic (exact) mass is 291 g/mol. The molecule has 0 radical (unpaired) electrons. The molecule has 1 amide bonds. The lowest BCUT2D eigenvalue weighted by Gasteiger charge is -2.08. The van der Waals surface area contributed by atoms with E-state index in [1.54, 1.807) is 6.07 Å². The summed E-state index contributed by atoms with van der Waals surface area (Å²) >= 11 is 0. The molecule has 4 nitrogen and oxygen atoms in total. The van der Waals surface area contributed by atoms with Crippen LogP contribution in [0.2, 0.25) is 0 Å². The molecule has 0 spiro atoms. The predicted molar refractivity (Wildman–Crippen MR) is 76.0 cm³/mol. The third-order valence-electron chi connectivity index (χ3n) is 2.93. The smallest absolute Gasteiger partial charge is 0.251 e. The highest BCUT2D eigenvalue weighted by Gasteiger charge is 2.14. The molecule has 2 aromatic rings. The predicted octanol–water partition coefficient (Wildman–Crippen LogP) is 2.64. The second-order valence-corrected chi connectivity index (χ2v) is 4.52. The Balaban J connectivity index is 2.10. The summed E-state index contributed by atoms with van der Waals surface area (Å²) in [5, 5.41) is 4.98. The molecule has 1 heterocycles. The number of hydrogen-bond donors (Lipinski definition) is 2. The van der Waals surface area contributed by atoms with Crippen LogP contribution in [0.4, 0.5) is 14.5 Å². The molecular formula is C15H15F2N3O. The largest absolute Gasteiger partial charge is 0.383 e. The van der Waals surface area contributed by atoms with Crippen molar-refractivity contribution in [1.29, 1.82) is 0 Å². The average molecular weight is 291 g/mol. The summed E-state index contributed by atoms with van der Waals surface area (Å²) in [7, 11) is 1.41. The summed E-state index contributed by atoms with van der Waals surface area (Å²) in [4.78, 5) is 16.1. The molecule has 0 fully saturated rings. The maximum absolute atomic E-state index is 13.6. The maximum Gasteiger partial charge on any atom is 0.251 e. The number of carbonyl (C=O) groups is 1. The number of benzene rings is 1. The Morgan fingerprint density at radius 1 is 1.24 bits per heavy atom. The average Bonchev–Trinajstić information content (AvgIpc) is 2.44. The van der Waals surface area contributed by atoms with Crippen LogP contribution >= 0.6 is 0 Å². The maximum atomic E-state index is 13.6. The van der Waals surface area contributed by atoms with E-state index in [4.69, 9.17) is 0 Å². The highest BCUT2D eigenvalue weighted by molar-refractivity contribution is 5.94. The van der Waals surface area contributed by atoms with E-state index in [0.29, 0.717) is 5.69 Å². The number of rotatable bonds is 4. The van der Waals surface area contributed by atoms with Crippen molar-refractivity contribution in [3.8, 4) is 0 Å². The van der Waals surface area contributed by atoms with E-state index in [1.165, 1.54) is 7.05 Å². The zero-order valence-corrected chi connectivity index (χ0v) is 11.7. The Labute approximate surface area is 121 Å². The third-order valence-corrected chi connectivity index (χ3v) is 2.93. The van der Waals surface area contributed by atoms with Gasteiger partial charge in [-0.2, -0.15) is 0 Å². The Morgan fingerprint density at radius 3 is 2.48 bits per heavy atom. The number of nitrogens with zero attached hydrogens (tertiary/aromatic N) is 1. The molecule has 21 heavy (non-hydrogen) atoms. The molecule has 0 atom stereocenters. The van der Waals surface area contributed by atoms with Gasteiger partial charge in [0.05, 0.1) is 12.2 Å². The van der Waals surface area contributed by atoms with Crippen LogP contribution in [-0.2, 0) is 6.54 Å². The molecule has 2 N–H and O–H groups in total. The van der Waals surface area contributed by atoms with Crippen LogP contribution in [0.5, 0.6) is 0 Å². The topological polar surface area (TPSA) is 54.0 Å². The third kappa shape index (κ3) is 3.53. The molecule has 2 rings (SSSR count). The summed E-state index contributed by atoms with van der Waals surface area (Å²) in [6, 6.07) is 7.41. The molecule has 0 saturated carbocycles. The molecular weight excluding hydrogens is 276 g/mol. The minimum Gasteiger partial charge on any atom is -0.383 e. The van der Waals surface area contributed by atoms with E-state index >= 15 is 0 Å². The molecule has 110 valence electrons. The Hall–Kier alpha value is -2.50. The fourth-order valence-electron chi connectivity index (χ4n) is 1.91. The minimum absolute atomic E-state index is 0.0725. The van der Waals surface area contributed by atoms with Crippen molar-refractivity contribution in [3.63, 3.8) is 0 Å². The van der Waals surface area contributed by atoms with E-state index < -0.39 is 17.5 Å². The van der Waals surface area contributed by atoms with Gasteiger partial charge in [0.1, 0.15) is 17.3 Å². The van der Waals surface area contributed by atoms with Gasteiger partial charge in [-0.15, -0.1) is 0 Å². The first-order valence-electron chi connectivity index (χ1n) is 6.39. The Bertz CT molecular complexity index is 651. The van der Waals surface area contributed by atoms with Crippen LogP contribution in [0.1, 0.15) is 21.7 Å². The first-order chi connectivity index (χ1) is 10.0. The van der Waals surface area contributed by atoms with Crippen molar-refractivity contribution in [3.05, 3.63) is 58.9 Å². The van der Waals surface area contributed by atoms with Gasteiger partial charge in [-0.25, -0.2) is 8.78 Å². The molecule has 1 aromatic heterocycles. The Kier molecular flexibility index (Phi) is 4.47. The number of pyridine rings is 1. The number of anilines is 1. The van der Waals surface area contributed by atoms with Gasteiger partial charge in [0.15, 0.2) is 0 Å². The highest BCUT2D eigenvalue weighted by Crippen LogP contribution is 2.20. The number of amides is 1. The molecule has 0 aliphatic carbocycles. The number of aryl methyl sites for hydroxylation is 1. The van der Waals surface area contributed by atoms with E-state index in [1.807, 2.05) is 19.1 Å². The zero-order valence-electron chi connectivity index (χ0n) is 11.7. The number of nitrogens with one attached hydrogen (secondary N) is 2. The normalized spacial score (nSPS) is 10.3. The van der Waals surface area contributed by atoms with Crippen molar-refractivity contribution in [2.24, 2.45) is 0 Å². The summed E-state index contributed by atoms with van der Waals surface area (Å²) in [6.07, 6.45) is 0. The fourth-order valence-corrected chi connectivity index (χ4v) is 1.91. The molecule has 0 aliphatic heterocycles. The number of aromatic nitrogens is 1. The van der Waals surface area contributed by atoms with Crippen LogP contribution < -0.4 is 10.6 Å². The summed E-state index contributed by atoms with van der Waals surface area (Å²) in [5.41, 5.74) is 1.18. The van der Waals surface area contributed by atoms with E-state index in [0.717, 1.165) is 17.8 Å². The first kappa shape index (κ1) is 14.9. The van der Waals surface area contributed by atoms with Crippen LogP contribution in [-0.4, -0.2) is 17.9 Å². The quantitative estimate of drug-likeness (QED) is 0.910. The standard InChI is InChI=1S/C15H15F2N3O/c1-9-4-3-5-11(20-9)8-19-15(21)10-6-12(16)14(18-2)13(17)7-10/h3-7,18H,8H2,1-2H3,(H,19,21). The van der Waals surface area contributed by atoms with E-state index in [9.17, 15) is 13.6 Å². The van der Waals surface area contributed by atoms with Gasteiger partial charge in [-0.1, -0.05) is 6.07 Å². The lowest BCUT2D eigenvalue weighted by atomic mass is 10.1. The SMILES string of the molecule is CNc1c(F)cc(C(=O)NCc2cccc(C)n2)cc1F. The zero-order chi connectivity index (χ0) is 15.4. The molecule has 6 heteroatoms. The van der Waals surface area contributed by atoms with Gasteiger partial charge >= 0.3 is 0 Å². The molecule has 1 aromatic carbocycles. The number of halogens is 2. The van der Waals surface area contributed by atoms with E-state index in [-0.39, 0.29) is 17.8 Å². The molecule has 0 saturated heterocycles. The number of carbonyl (C=O) groups excluding carboxylic acids is 1. The lowest BCUT2D eigenvalue weighted by molar-refractivity contribution is 0.0949. The van der Waals surface area contributed by atoms with Crippen molar-refractivity contribution < 1.29 is 13.6 Å². The van der Waals surface area contributed by atoms with Gasteiger partial charge in [0.2, 0.25) is 0 Å². The van der Waals surface area contributed by atoms with Gasteiger partial charge in [-0.05, 0) is 31.2 Å². The summed E-state index contributed by atoms with van der Waals surface area (Å²) < 4.78 is 27.2. The second-order valence-electron chi connectivity index (χ2n) is 4.52. The first-order valence-corrected chi connectivity index (χ1v) is 6.39. The van der Waals surface area contributed by atoms with Crippen LogP contribution in [0.25, 0.3) is 0 Å². The van der Waals surface area contributed by atoms with Crippen LogP contribution in [0.3, 0.4) is 0 Å². The fraction of sp³-hybridized carbons (Fsp3) is 0.200. The second kappa shape index (κ2) is 6.30. The summed E-state index contributed by atoms with van der Waals surface area (Å²) in [5.74, 6) is -2.17. The molecule has 0 aliphatic rings. The van der Waals surface area contributed by atoms with Crippen molar-refractivity contribution in [2.45, 2.75) is 13.5 Å². The molecule has 0 bridgehead atoms. The van der Waals surface area contributed by atoms with Gasteiger partial charge < -0.3 is 10.6 Å². The summed E-state index contributed by atoms with van der Waals surface area (Å²) in [6.45, 7) is 2.03. The van der Waals surface area contributed by atoms with Crippen LogP contribution in [0, 0.1) is 18.6 Å². The van der Waals surface area contributed by atoms with Gasteiger partial charge in [-0.3, -0.25) is 9.78 Å². The lowest BCUT2D eigenvalue weighted by Crippen LogP contribution is -2.23. The highest BCUT2D eigenvalue weighted by atomic mass is 19.1. The van der Waals surface area contributed by atoms with Crippen molar-refractivity contribution in [2.75, 3.05) is 12.4 Å². The van der Waals surface area contributed by atoms with E-state index in [2.05, 4.69) is 15.6 Å². The minimum atomic E-state index is -0.809. The van der Waals surface area contributed by atoms with Crippen molar-refractivity contribution >= 4 is 11.6 Å². The van der Waals surface area contributed by atoms with Crippen molar-refractivity contribution in [1.82, 2.24) is 10.3 Å².